The van der Waals surface area contributed by atoms with E-state index in [0.717, 1.165) is 30.6 Å². The average molecular weight is 338 g/mol. The van der Waals surface area contributed by atoms with Crippen LogP contribution < -0.4 is 10.6 Å². The van der Waals surface area contributed by atoms with Crippen LogP contribution in [0.3, 0.4) is 0 Å². The first-order valence-corrected chi connectivity index (χ1v) is 8.12. The highest BCUT2D eigenvalue weighted by Gasteiger charge is 2.44. The summed E-state index contributed by atoms with van der Waals surface area (Å²) in [5.74, 6) is -2.51. The Balaban J connectivity index is 1.86. The summed E-state index contributed by atoms with van der Waals surface area (Å²) < 4.78 is 0. The number of nitrogens with zero attached hydrogens (tertiary/aromatic N) is 2. The van der Waals surface area contributed by atoms with Crippen LogP contribution in [0.15, 0.2) is 0 Å². The minimum Gasteiger partial charge on any atom is -0.335 e. The number of carbonyl (C=O) groups excluding carboxylic acids is 5. The van der Waals surface area contributed by atoms with E-state index in [1.807, 2.05) is 6.92 Å². The van der Waals surface area contributed by atoms with E-state index in [0.29, 0.717) is 10.8 Å². The normalized spacial score (nSPS) is 24.3. The van der Waals surface area contributed by atoms with Crippen molar-refractivity contribution in [3.05, 3.63) is 0 Å². The van der Waals surface area contributed by atoms with Gasteiger partial charge in [0, 0.05) is 12.6 Å². The number of amides is 7. The number of hydrogen-bond acceptors (Lipinski definition) is 5. The molecule has 2 fully saturated rings. The molecule has 24 heavy (non-hydrogen) atoms. The van der Waals surface area contributed by atoms with Gasteiger partial charge in [0.2, 0.25) is 5.91 Å². The molecule has 1 aliphatic heterocycles. The molecule has 2 aliphatic rings. The van der Waals surface area contributed by atoms with Crippen molar-refractivity contribution in [3.63, 3.8) is 0 Å². The summed E-state index contributed by atoms with van der Waals surface area (Å²) in [6.45, 7) is 2.97. The van der Waals surface area contributed by atoms with Crippen molar-refractivity contribution in [2.45, 2.75) is 45.6 Å². The van der Waals surface area contributed by atoms with Crippen LogP contribution in [0.5, 0.6) is 0 Å². The third-order valence-electron chi connectivity index (χ3n) is 4.43. The summed E-state index contributed by atoms with van der Waals surface area (Å²) >= 11 is 0. The van der Waals surface area contributed by atoms with E-state index < -0.39 is 36.3 Å². The van der Waals surface area contributed by atoms with Crippen LogP contribution >= 0.6 is 0 Å². The maximum absolute atomic E-state index is 11.9. The monoisotopic (exact) mass is 338 g/mol. The van der Waals surface area contributed by atoms with Crippen molar-refractivity contribution in [1.29, 1.82) is 0 Å². The first-order valence-electron chi connectivity index (χ1n) is 8.12. The molecule has 9 nitrogen and oxygen atoms in total. The van der Waals surface area contributed by atoms with Gasteiger partial charge >= 0.3 is 23.9 Å². The van der Waals surface area contributed by atoms with Gasteiger partial charge in [-0.2, -0.15) is 0 Å². The van der Waals surface area contributed by atoms with E-state index in [4.69, 9.17) is 0 Å². The maximum atomic E-state index is 11.9. The van der Waals surface area contributed by atoms with E-state index in [9.17, 15) is 24.0 Å². The van der Waals surface area contributed by atoms with Crippen LogP contribution in [-0.2, 0) is 14.4 Å². The van der Waals surface area contributed by atoms with E-state index in [1.54, 1.807) is 6.92 Å². The van der Waals surface area contributed by atoms with Gasteiger partial charge < -0.3 is 5.32 Å². The molecule has 1 saturated heterocycles. The van der Waals surface area contributed by atoms with Gasteiger partial charge in [0.1, 0.15) is 6.54 Å². The second-order valence-electron chi connectivity index (χ2n) is 6.11. The molecule has 9 heteroatoms. The van der Waals surface area contributed by atoms with Gasteiger partial charge in [-0.3, -0.25) is 24.6 Å². The van der Waals surface area contributed by atoms with Gasteiger partial charge in [-0.1, -0.05) is 19.8 Å². The van der Waals surface area contributed by atoms with Crippen molar-refractivity contribution in [2.24, 2.45) is 5.92 Å². The number of urea groups is 2. The van der Waals surface area contributed by atoms with Crippen LogP contribution in [0.2, 0.25) is 0 Å². The molecule has 7 amide bonds. The zero-order chi connectivity index (χ0) is 17.9. The topological polar surface area (TPSA) is 116 Å². The van der Waals surface area contributed by atoms with Gasteiger partial charge in [-0.15, -0.1) is 0 Å². The summed E-state index contributed by atoms with van der Waals surface area (Å²) in [6.07, 6.45) is 4.02. The molecule has 0 spiro atoms. The number of imide groups is 3. The molecule has 0 bridgehead atoms. The molecule has 0 aromatic carbocycles. The lowest BCUT2D eigenvalue weighted by Gasteiger charge is -2.29. The summed E-state index contributed by atoms with van der Waals surface area (Å²) in [6, 6.07) is -1.50. The lowest BCUT2D eigenvalue weighted by molar-refractivity contribution is -0.143. The van der Waals surface area contributed by atoms with Crippen LogP contribution in [0, 0.1) is 5.92 Å². The molecule has 132 valence electrons. The molecule has 2 atom stereocenters. The van der Waals surface area contributed by atoms with Crippen LogP contribution in [0.4, 0.5) is 9.59 Å². The molecular weight excluding hydrogens is 316 g/mol. The molecule has 2 rings (SSSR count). The van der Waals surface area contributed by atoms with Crippen LogP contribution in [0.25, 0.3) is 0 Å². The number of hydrogen-bond donors (Lipinski definition) is 2. The molecule has 0 aromatic heterocycles. The minimum absolute atomic E-state index is 0.00115. The standard InChI is InChI=1S/C15H22N4O5/c1-3-18-12(21)13(22)19(15(18)24)8-11(20)17-14(23)16-10-7-5-4-6-9(10)2/h9-10H,3-8H2,1-2H3,(H2,16,17,20,23)/t9-,10+/m0/s1. The molecule has 0 aromatic rings. The maximum Gasteiger partial charge on any atom is 0.334 e. The Hall–Kier alpha value is -2.45. The van der Waals surface area contributed by atoms with Crippen molar-refractivity contribution in [3.8, 4) is 0 Å². The van der Waals surface area contributed by atoms with Gasteiger partial charge in [0.05, 0.1) is 0 Å². The molecule has 1 saturated carbocycles. The Labute approximate surface area is 139 Å². The highest BCUT2D eigenvalue weighted by Crippen LogP contribution is 2.23. The van der Waals surface area contributed by atoms with E-state index in [-0.39, 0.29) is 12.6 Å². The number of rotatable bonds is 4. The quantitative estimate of drug-likeness (QED) is 0.561. The largest absolute Gasteiger partial charge is 0.335 e. The van der Waals surface area contributed by atoms with Gasteiger partial charge in [-0.25, -0.2) is 14.5 Å². The summed E-state index contributed by atoms with van der Waals surface area (Å²) in [7, 11) is 0. The Kier molecular flexibility index (Phi) is 5.53. The summed E-state index contributed by atoms with van der Waals surface area (Å²) in [5.41, 5.74) is 0. The highest BCUT2D eigenvalue weighted by molar-refractivity contribution is 6.45. The van der Waals surface area contributed by atoms with E-state index in [1.165, 1.54) is 0 Å². The van der Waals surface area contributed by atoms with Gasteiger partial charge in [-0.05, 0) is 25.7 Å². The molecule has 1 heterocycles. The fraction of sp³-hybridized carbons (Fsp3) is 0.667. The Morgan fingerprint density at radius 3 is 2.29 bits per heavy atom. The molecule has 1 aliphatic carbocycles. The molecular formula is C15H22N4O5. The third kappa shape index (κ3) is 3.72. The lowest BCUT2D eigenvalue weighted by atomic mass is 9.86. The zero-order valence-electron chi connectivity index (χ0n) is 13.8. The predicted octanol–water partition coefficient (Wildman–Crippen LogP) is 0.202. The Morgan fingerprint density at radius 1 is 1.08 bits per heavy atom. The van der Waals surface area contributed by atoms with E-state index >= 15 is 0 Å². The third-order valence-corrected chi connectivity index (χ3v) is 4.43. The number of carbonyl (C=O) groups is 5. The van der Waals surface area contributed by atoms with Crippen molar-refractivity contribution in [2.75, 3.05) is 13.1 Å². The van der Waals surface area contributed by atoms with Crippen molar-refractivity contribution >= 4 is 29.8 Å². The highest BCUT2D eigenvalue weighted by atomic mass is 16.2. The van der Waals surface area contributed by atoms with Gasteiger partial charge in [0.15, 0.2) is 0 Å². The first kappa shape index (κ1) is 17.9. The Bertz CT molecular complexity index is 576. The average Bonchev–Trinajstić information content (AvgIpc) is 2.73. The molecule has 2 N–H and O–H groups in total. The lowest BCUT2D eigenvalue weighted by Crippen LogP contribution is -2.50. The van der Waals surface area contributed by atoms with Crippen LogP contribution in [0.1, 0.15) is 39.5 Å². The summed E-state index contributed by atoms with van der Waals surface area (Å²) in [4.78, 5) is 60.2. The second-order valence-corrected chi connectivity index (χ2v) is 6.11. The second kappa shape index (κ2) is 7.41. The van der Waals surface area contributed by atoms with Crippen molar-refractivity contribution < 1.29 is 24.0 Å². The molecule has 0 unspecified atom stereocenters. The number of nitrogens with one attached hydrogen (secondary N) is 2. The predicted molar refractivity (Wildman–Crippen MR) is 82.6 cm³/mol. The smallest absolute Gasteiger partial charge is 0.334 e. The minimum atomic E-state index is -1.06. The van der Waals surface area contributed by atoms with Crippen LogP contribution in [-0.4, -0.2) is 58.7 Å². The molecule has 0 radical (unpaired) electrons. The first-order chi connectivity index (χ1) is 11.3. The fourth-order valence-electron chi connectivity index (χ4n) is 3.01. The number of likely N-dealkylation sites (N-methyl/N-ethyl adjacent to an activating group) is 1. The Morgan fingerprint density at radius 2 is 1.71 bits per heavy atom. The summed E-state index contributed by atoms with van der Waals surface area (Å²) in [5, 5.41) is 4.84. The van der Waals surface area contributed by atoms with Crippen molar-refractivity contribution in [1.82, 2.24) is 20.4 Å². The fourth-order valence-corrected chi connectivity index (χ4v) is 3.01. The SMILES string of the molecule is CCN1C(=O)C(=O)N(CC(=O)NC(=O)N[C@@H]2CCCC[C@@H]2C)C1=O. The van der Waals surface area contributed by atoms with Gasteiger partial charge in [0.25, 0.3) is 0 Å². The zero-order valence-corrected chi connectivity index (χ0v) is 13.8. The van der Waals surface area contributed by atoms with E-state index in [2.05, 4.69) is 10.6 Å².